The van der Waals surface area contributed by atoms with Gasteiger partial charge in [0.15, 0.2) is 0 Å². The molecule has 1 unspecified atom stereocenters. The Morgan fingerprint density at radius 3 is 2.74 bits per heavy atom. The Morgan fingerprint density at radius 2 is 2.00 bits per heavy atom. The van der Waals surface area contributed by atoms with Crippen LogP contribution in [0.2, 0.25) is 0 Å². The van der Waals surface area contributed by atoms with Crippen LogP contribution in [0.1, 0.15) is 29.7 Å². The number of aromatic nitrogens is 3. The highest BCUT2D eigenvalue weighted by Gasteiger charge is 2.14. The number of fused-ring (bicyclic) bond motifs is 1. The Hall–Kier alpha value is -2.20. The van der Waals surface area contributed by atoms with E-state index in [1.807, 2.05) is 12.4 Å². The van der Waals surface area contributed by atoms with Crippen molar-refractivity contribution in [3.8, 4) is 0 Å². The summed E-state index contributed by atoms with van der Waals surface area (Å²) in [5.74, 6) is 0. The molecule has 96 valence electrons. The van der Waals surface area contributed by atoms with Gasteiger partial charge in [-0.25, -0.2) is 4.52 Å². The molecule has 0 aliphatic carbocycles. The minimum Gasteiger partial charge on any atom is -0.320 e. The van der Waals surface area contributed by atoms with Crippen molar-refractivity contribution in [2.45, 2.75) is 19.4 Å². The summed E-state index contributed by atoms with van der Waals surface area (Å²) in [7, 11) is 0. The summed E-state index contributed by atoms with van der Waals surface area (Å²) in [4.78, 5) is 4.13. The van der Waals surface area contributed by atoms with Crippen molar-refractivity contribution in [3.63, 3.8) is 0 Å². The first-order valence-corrected chi connectivity index (χ1v) is 6.41. The highest BCUT2D eigenvalue weighted by molar-refractivity contribution is 5.55. The van der Waals surface area contributed by atoms with Gasteiger partial charge in [0.25, 0.3) is 0 Å². The van der Waals surface area contributed by atoms with Gasteiger partial charge >= 0.3 is 0 Å². The van der Waals surface area contributed by atoms with Crippen LogP contribution in [0.15, 0.2) is 49.1 Å². The first-order chi connectivity index (χ1) is 9.29. The molecule has 4 heteroatoms. The van der Waals surface area contributed by atoms with E-state index in [9.17, 15) is 0 Å². The summed E-state index contributed by atoms with van der Waals surface area (Å²) in [5, 5.41) is 4.30. The Balaban J connectivity index is 2.00. The number of hydrogen-bond donors (Lipinski definition) is 1. The SMILES string of the molecule is CCc1ccc(C(N)c2cnn3ccncc23)cc1. The number of benzene rings is 1. The average Bonchev–Trinajstić information content (AvgIpc) is 2.90. The molecule has 4 nitrogen and oxygen atoms in total. The third-order valence-corrected chi connectivity index (χ3v) is 3.44. The van der Waals surface area contributed by atoms with Gasteiger partial charge in [0.05, 0.1) is 24.0 Å². The van der Waals surface area contributed by atoms with Crippen LogP contribution in [0.3, 0.4) is 0 Å². The van der Waals surface area contributed by atoms with E-state index in [2.05, 4.69) is 41.3 Å². The van der Waals surface area contributed by atoms with Crippen LogP contribution in [0.4, 0.5) is 0 Å². The van der Waals surface area contributed by atoms with Gasteiger partial charge < -0.3 is 5.73 Å². The molecular weight excluding hydrogens is 236 g/mol. The summed E-state index contributed by atoms with van der Waals surface area (Å²) in [6, 6.07) is 8.25. The Morgan fingerprint density at radius 1 is 1.21 bits per heavy atom. The van der Waals surface area contributed by atoms with Gasteiger partial charge in [-0.15, -0.1) is 0 Å². The molecule has 2 N–H and O–H groups in total. The number of nitrogens with two attached hydrogens (primary N) is 1. The summed E-state index contributed by atoms with van der Waals surface area (Å²) in [5.41, 5.74) is 10.7. The van der Waals surface area contributed by atoms with E-state index in [1.165, 1.54) is 5.56 Å². The molecule has 3 rings (SSSR count). The Kier molecular flexibility index (Phi) is 3.01. The quantitative estimate of drug-likeness (QED) is 0.778. The molecule has 0 saturated carbocycles. The topological polar surface area (TPSA) is 56.2 Å². The molecule has 1 aromatic carbocycles. The molecule has 2 heterocycles. The highest BCUT2D eigenvalue weighted by atomic mass is 15.2. The molecule has 19 heavy (non-hydrogen) atoms. The maximum Gasteiger partial charge on any atom is 0.0896 e. The molecule has 1 atom stereocenters. The van der Waals surface area contributed by atoms with Gasteiger partial charge in [-0.05, 0) is 17.5 Å². The smallest absolute Gasteiger partial charge is 0.0896 e. The molecule has 0 radical (unpaired) electrons. The van der Waals surface area contributed by atoms with E-state index in [-0.39, 0.29) is 6.04 Å². The third kappa shape index (κ3) is 2.11. The van der Waals surface area contributed by atoms with Crippen LogP contribution < -0.4 is 5.73 Å². The van der Waals surface area contributed by atoms with Crippen LogP contribution in [0.25, 0.3) is 5.52 Å². The van der Waals surface area contributed by atoms with Crippen LogP contribution in [-0.2, 0) is 6.42 Å². The van der Waals surface area contributed by atoms with Crippen molar-refractivity contribution in [3.05, 3.63) is 65.7 Å². The lowest BCUT2D eigenvalue weighted by molar-refractivity contribution is 0.877. The fourth-order valence-electron chi connectivity index (χ4n) is 2.23. The van der Waals surface area contributed by atoms with Crippen molar-refractivity contribution in [1.29, 1.82) is 0 Å². The molecule has 0 spiro atoms. The van der Waals surface area contributed by atoms with E-state index >= 15 is 0 Å². The summed E-state index contributed by atoms with van der Waals surface area (Å²) < 4.78 is 1.79. The van der Waals surface area contributed by atoms with Gasteiger partial charge in [0, 0.05) is 18.0 Å². The first-order valence-electron chi connectivity index (χ1n) is 6.41. The van der Waals surface area contributed by atoms with Crippen molar-refractivity contribution in [2.24, 2.45) is 5.73 Å². The molecule has 2 aromatic heterocycles. The Bertz CT molecular complexity index is 685. The lowest BCUT2D eigenvalue weighted by Crippen LogP contribution is -2.11. The summed E-state index contributed by atoms with van der Waals surface area (Å²) in [6.07, 6.45) is 8.19. The predicted octanol–water partition coefficient (Wildman–Crippen LogP) is 2.34. The minimum atomic E-state index is -0.174. The maximum absolute atomic E-state index is 6.34. The van der Waals surface area contributed by atoms with Gasteiger partial charge in [-0.1, -0.05) is 31.2 Å². The van der Waals surface area contributed by atoms with Crippen molar-refractivity contribution < 1.29 is 0 Å². The average molecular weight is 252 g/mol. The Labute approximate surface area is 111 Å². The zero-order valence-corrected chi connectivity index (χ0v) is 10.8. The standard InChI is InChI=1S/C15H16N4/c1-2-11-3-5-12(6-4-11)15(16)13-9-18-19-8-7-17-10-14(13)19/h3-10,15H,2,16H2,1H3. The van der Waals surface area contributed by atoms with Gasteiger partial charge in [0.2, 0.25) is 0 Å². The van der Waals surface area contributed by atoms with Gasteiger partial charge in [-0.3, -0.25) is 4.98 Å². The van der Waals surface area contributed by atoms with Crippen molar-refractivity contribution in [1.82, 2.24) is 14.6 Å². The minimum absolute atomic E-state index is 0.174. The molecule has 3 aromatic rings. The first kappa shape index (κ1) is 11.9. The molecule has 0 aliphatic rings. The van der Waals surface area contributed by atoms with E-state index in [0.29, 0.717) is 0 Å². The second kappa shape index (κ2) is 4.82. The lowest BCUT2D eigenvalue weighted by Gasteiger charge is -2.11. The van der Waals surface area contributed by atoms with Crippen LogP contribution in [0, 0.1) is 0 Å². The van der Waals surface area contributed by atoms with Crippen LogP contribution in [0.5, 0.6) is 0 Å². The fraction of sp³-hybridized carbons (Fsp3) is 0.200. The van der Waals surface area contributed by atoms with E-state index in [1.54, 1.807) is 16.9 Å². The molecule has 0 fully saturated rings. The number of rotatable bonds is 3. The lowest BCUT2D eigenvalue weighted by atomic mass is 9.99. The molecule has 0 aliphatic heterocycles. The van der Waals surface area contributed by atoms with E-state index < -0.39 is 0 Å². The third-order valence-electron chi connectivity index (χ3n) is 3.44. The molecule has 0 bridgehead atoms. The van der Waals surface area contributed by atoms with Crippen LogP contribution in [-0.4, -0.2) is 14.6 Å². The van der Waals surface area contributed by atoms with Gasteiger partial charge in [0.1, 0.15) is 0 Å². The second-order valence-corrected chi connectivity index (χ2v) is 4.58. The monoisotopic (exact) mass is 252 g/mol. The summed E-state index contributed by atoms with van der Waals surface area (Å²) >= 11 is 0. The van der Waals surface area contributed by atoms with Gasteiger partial charge in [-0.2, -0.15) is 5.10 Å². The highest BCUT2D eigenvalue weighted by Crippen LogP contribution is 2.23. The van der Waals surface area contributed by atoms with Crippen molar-refractivity contribution >= 4 is 5.52 Å². The zero-order valence-electron chi connectivity index (χ0n) is 10.8. The number of hydrogen-bond acceptors (Lipinski definition) is 3. The molecule has 0 amide bonds. The number of nitrogens with zero attached hydrogens (tertiary/aromatic N) is 3. The molecular formula is C15H16N4. The van der Waals surface area contributed by atoms with E-state index in [0.717, 1.165) is 23.1 Å². The predicted molar refractivity (Wildman–Crippen MR) is 74.8 cm³/mol. The van der Waals surface area contributed by atoms with E-state index in [4.69, 9.17) is 5.73 Å². The zero-order chi connectivity index (χ0) is 13.2. The second-order valence-electron chi connectivity index (χ2n) is 4.58. The van der Waals surface area contributed by atoms with Crippen LogP contribution >= 0.6 is 0 Å². The maximum atomic E-state index is 6.34. The summed E-state index contributed by atoms with van der Waals surface area (Å²) in [6.45, 7) is 2.14. The largest absolute Gasteiger partial charge is 0.320 e. The molecule has 0 saturated heterocycles. The fourth-order valence-corrected chi connectivity index (χ4v) is 2.23. The van der Waals surface area contributed by atoms with Crippen molar-refractivity contribution in [2.75, 3.05) is 0 Å². The normalized spacial score (nSPS) is 12.7. The number of aryl methyl sites for hydroxylation is 1.